The molecule has 0 saturated carbocycles. The lowest BCUT2D eigenvalue weighted by molar-refractivity contribution is 0.501. The van der Waals surface area contributed by atoms with Crippen LogP contribution in [0.5, 0.6) is 0 Å². The summed E-state index contributed by atoms with van der Waals surface area (Å²) in [7, 11) is 0. The molecule has 3 rings (SSSR count). The van der Waals surface area contributed by atoms with Crippen molar-refractivity contribution in [2.75, 3.05) is 5.32 Å². The number of halogens is 1. The smallest absolute Gasteiger partial charge is 0.131 e. The van der Waals surface area contributed by atoms with Gasteiger partial charge in [0.25, 0.3) is 0 Å². The lowest BCUT2D eigenvalue weighted by Crippen LogP contribution is -2.10. The zero-order valence-electron chi connectivity index (χ0n) is 11.7. The molecule has 2 heterocycles. The van der Waals surface area contributed by atoms with E-state index in [1.807, 2.05) is 24.3 Å². The van der Waals surface area contributed by atoms with Gasteiger partial charge in [0.1, 0.15) is 11.8 Å². The number of hydrogen-bond acceptors (Lipinski definition) is 3. The number of thiophene rings is 1. The van der Waals surface area contributed by atoms with Gasteiger partial charge in [-0.3, -0.25) is 0 Å². The van der Waals surface area contributed by atoms with Gasteiger partial charge in [0.05, 0.1) is 10.6 Å². The summed E-state index contributed by atoms with van der Waals surface area (Å²) in [6.45, 7) is 2.15. The van der Waals surface area contributed by atoms with Crippen LogP contribution in [0.25, 0.3) is 0 Å². The van der Waals surface area contributed by atoms with E-state index in [1.54, 1.807) is 17.6 Å². The molecule has 4 heteroatoms. The largest absolute Gasteiger partial charge is 0.467 e. The van der Waals surface area contributed by atoms with Crippen LogP contribution in [0.1, 0.15) is 29.2 Å². The second-order valence-electron chi connectivity index (χ2n) is 4.79. The Bertz CT molecular complexity index is 705. The molecule has 21 heavy (non-hydrogen) atoms. The summed E-state index contributed by atoms with van der Waals surface area (Å²) >= 11 is 7.64. The predicted octanol–water partition coefficient (Wildman–Crippen LogP) is 5.76. The molecule has 0 aliphatic rings. The van der Waals surface area contributed by atoms with Gasteiger partial charge < -0.3 is 9.73 Å². The van der Waals surface area contributed by atoms with E-state index in [0.717, 1.165) is 27.1 Å². The Hall–Kier alpha value is -1.71. The highest BCUT2D eigenvalue weighted by atomic mass is 35.5. The third kappa shape index (κ3) is 3.31. The lowest BCUT2D eigenvalue weighted by atomic mass is 10.1. The van der Waals surface area contributed by atoms with E-state index in [4.69, 9.17) is 16.0 Å². The normalized spacial score (nSPS) is 12.3. The minimum atomic E-state index is -0.0235. The Morgan fingerprint density at radius 1 is 1.19 bits per heavy atom. The van der Waals surface area contributed by atoms with Crippen LogP contribution in [0.4, 0.5) is 5.69 Å². The molecule has 1 N–H and O–H groups in total. The predicted molar refractivity (Wildman–Crippen MR) is 89.3 cm³/mol. The van der Waals surface area contributed by atoms with Crippen LogP contribution >= 0.6 is 22.9 Å². The lowest BCUT2D eigenvalue weighted by Gasteiger charge is -2.17. The van der Waals surface area contributed by atoms with Crippen LogP contribution < -0.4 is 5.32 Å². The molecule has 0 radical (unpaired) electrons. The number of nitrogens with one attached hydrogen (secondary N) is 1. The van der Waals surface area contributed by atoms with E-state index < -0.39 is 0 Å². The highest BCUT2D eigenvalue weighted by Crippen LogP contribution is 2.34. The second-order valence-corrected chi connectivity index (χ2v) is 6.54. The Labute approximate surface area is 133 Å². The van der Waals surface area contributed by atoms with E-state index in [2.05, 4.69) is 36.5 Å². The maximum absolute atomic E-state index is 6.08. The fourth-order valence-electron chi connectivity index (χ4n) is 2.27. The molecule has 0 aliphatic carbocycles. The van der Waals surface area contributed by atoms with Crippen LogP contribution in [0.15, 0.2) is 59.2 Å². The van der Waals surface area contributed by atoms with E-state index in [1.165, 1.54) is 5.56 Å². The molecule has 2 aromatic heterocycles. The Morgan fingerprint density at radius 3 is 2.76 bits per heavy atom. The highest BCUT2D eigenvalue weighted by molar-refractivity contribution is 7.16. The van der Waals surface area contributed by atoms with E-state index >= 15 is 0 Å². The molecule has 2 nitrogen and oxygen atoms in total. The van der Waals surface area contributed by atoms with Crippen molar-refractivity contribution in [2.24, 2.45) is 0 Å². The zero-order chi connectivity index (χ0) is 14.7. The van der Waals surface area contributed by atoms with Crippen LogP contribution in [-0.2, 0) is 6.42 Å². The van der Waals surface area contributed by atoms with Crippen molar-refractivity contribution in [1.82, 2.24) is 0 Å². The summed E-state index contributed by atoms with van der Waals surface area (Å²) in [4.78, 5) is 1.14. The summed E-state index contributed by atoms with van der Waals surface area (Å²) in [5.74, 6) is 0.885. The van der Waals surface area contributed by atoms with Crippen molar-refractivity contribution in [3.63, 3.8) is 0 Å². The Kier molecular flexibility index (Phi) is 4.32. The van der Waals surface area contributed by atoms with Gasteiger partial charge in [-0.2, -0.15) is 0 Å². The standard InChI is InChI=1S/C17H16ClNOS/c1-2-12-5-3-6-13(11-12)19-17(14-7-4-10-20-14)15-8-9-16(18)21-15/h3-11,17,19H,2H2,1H3. The van der Waals surface area contributed by atoms with Gasteiger partial charge in [-0.1, -0.05) is 30.7 Å². The number of anilines is 1. The van der Waals surface area contributed by atoms with E-state index in [0.29, 0.717) is 0 Å². The number of furan rings is 1. The fourth-order valence-corrected chi connectivity index (χ4v) is 3.39. The number of aryl methyl sites for hydroxylation is 1. The molecule has 0 aliphatic heterocycles. The van der Waals surface area contributed by atoms with Crippen molar-refractivity contribution in [2.45, 2.75) is 19.4 Å². The fraction of sp³-hybridized carbons (Fsp3) is 0.176. The summed E-state index contributed by atoms with van der Waals surface area (Å²) in [6, 6.07) is 16.3. The van der Waals surface area contributed by atoms with Crippen molar-refractivity contribution in [1.29, 1.82) is 0 Å². The molecule has 1 unspecified atom stereocenters. The molecular weight excluding hydrogens is 302 g/mol. The number of benzene rings is 1. The number of hydrogen-bond donors (Lipinski definition) is 1. The van der Waals surface area contributed by atoms with Crippen LogP contribution in [0.3, 0.4) is 0 Å². The van der Waals surface area contributed by atoms with Crippen LogP contribution in [0, 0.1) is 0 Å². The summed E-state index contributed by atoms with van der Waals surface area (Å²) < 4.78 is 6.37. The van der Waals surface area contributed by atoms with Gasteiger partial charge >= 0.3 is 0 Å². The van der Waals surface area contributed by atoms with Crippen molar-refractivity contribution in [3.8, 4) is 0 Å². The SMILES string of the molecule is CCc1cccc(NC(c2ccco2)c2ccc(Cl)s2)c1. The van der Waals surface area contributed by atoms with Crippen molar-refractivity contribution in [3.05, 3.63) is 75.3 Å². The first-order valence-electron chi connectivity index (χ1n) is 6.90. The minimum absolute atomic E-state index is 0.0235. The maximum Gasteiger partial charge on any atom is 0.131 e. The van der Waals surface area contributed by atoms with E-state index in [-0.39, 0.29) is 6.04 Å². The topological polar surface area (TPSA) is 25.2 Å². The molecule has 1 atom stereocenters. The average molecular weight is 318 g/mol. The quantitative estimate of drug-likeness (QED) is 0.647. The Balaban J connectivity index is 1.92. The first kappa shape index (κ1) is 14.2. The molecule has 0 spiro atoms. The molecular formula is C17H16ClNOS. The third-order valence-corrected chi connectivity index (χ3v) is 4.65. The zero-order valence-corrected chi connectivity index (χ0v) is 13.2. The van der Waals surface area contributed by atoms with Gasteiger partial charge in [-0.15, -0.1) is 11.3 Å². The first-order chi connectivity index (χ1) is 10.3. The minimum Gasteiger partial charge on any atom is -0.467 e. The molecule has 0 saturated heterocycles. The van der Waals surface area contributed by atoms with Gasteiger partial charge in [0.15, 0.2) is 0 Å². The maximum atomic E-state index is 6.08. The van der Waals surface area contributed by atoms with E-state index in [9.17, 15) is 0 Å². The number of rotatable bonds is 5. The second kappa shape index (κ2) is 6.37. The Morgan fingerprint density at radius 2 is 2.10 bits per heavy atom. The van der Waals surface area contributed by atoms with Gasteiger partial charge in [0.2, 0.25) is 0 Å². The molecule has 0 bridgehead atoms. The first-order valence-corrected chi connectivity index (χ1v) is 8.10. The van der Waals surface area contributed by atoms with Gasteiger partial charge in [-0.25, -0.2) is 0 Å². The molecule has 0 amide bonds. The molecule has 0 fully saturated rings. The molecule has 1 aromatic carbocycles. The molecule has 3 aromatic rings. The monoisotopic (exact) mass is 317 g/mol. The van der Waals surface area contributed by atoms with Crippen LogP contribution in [0.2, 0.25) is 4.34 Å². The van der Waals surface area contributed by atoms with Gasteiger partial charge in [0, 0.05) is 10.6 Å². The van der Waals surface area contributed by atoms with Crippen LogP contribution in [-0.4, -0.2) is 0 Å². The summed E-state index contributed by atoms with van der Waals surface area (Å²) in [5.41, 5.74) is 2.39. The van der Waals surface area contributed by atoms with Crippen molar-refractivity contribution < 1.29 is 4.42 Å². The third-order valence-electron chi connectivity index (χ3n) is 3.35. The molecule has 108 valence electrons. The average Bonchev–Trinajstić information content (AvgIpc) is 3.16. The highest BCUT2D eigenvalue weighted by Gasteiger charge is 2.18. The summed E-state index contributed by atoms with van der Waals surface area (Å²) in [6.07, 6.45) is 2.72. The summed E-state index contributed by atoms with van der Waals surface area (Å²) in [5, 5.41) is 3.54. The van der Waals surface area contributed by atoms with Crippen molar-refractivity contribution >= 4 is 28.6 Å². The van der Waals surface area contributed by atoms with Gasteiger partial charge in [-0.05, 0) is 48.4 Å².